The molecule has 1 saturated heterocycles. The summed E-state index contributed by atoms with van der Waals surface area (Å²) in [5, 5.41) is 0. The zero-order chi connectivity index (χ0) is 13.4. The van der Waals surface area contributed by atoms with Gasteiger partial charge in [0.05, 0.1) is 11.1 Å². The molecule has 1 aromatic carbocycles. The first kappa shape index (κ1) is 12.4. The summed E-state index contributed by atoms with van der Waals surface area (Å²) < 4.78 is 0. The molecule has 0 bridgehead atoms. The SMILES string of the molecule is CCN1CCC[C@H]1CN1C(=O)c2ccccc2C1=O. The van der Waals surface area contributed by atoms with E-state index in [2.05, 4.69) is 11.8 Å². The molecule has 2 aliphatic heterocycles. The average molecular weight is 258 g/mol. The molecule has 0 radical (unpaired) electrons. The maximum atomic E-state index is 12.3. The van der Waals surface area contributed by atoms with Crippen molar-refractivity contribution in [1.29, 1.82) is 0 Å². The topological polar surface area (TPSA) is 40.6 Å². The highest BCUT2D eigenvalue weighted by atomic mass is 16.2. The van der Waals surface area contributed by atoms with E-state index in [0.717, 1.165) is 25.9 Å². The molecule has 0 saturated carbocycles. The molecule has 2 aliphatic rings. The molecule has 4 heteroatoms. The number of rotatable bonds is 3. The Labute approximate surface area is 113 Å². The third-order valence-corrected chi connectivity index (χ3v) is 4.18. The van der Waals surface area contributed by atoms with Crippen LogP contribution in [0.5, 0.6) is 0 Å². The molecule has 1 aromatic rings. The van der Waals surface area contributed by atoms with Crippen LogP contribution < -0.4 is 0 Å². The predicted octanol–water partition coefficient (Wildman–Crippen LogP) is 1.77. The van der Waals surface area contributed by atoms with E-state index < -0.39 is 0 Å². The maximum absolute atomic E-state index is 12.3. The number of carbonyl (C=O) groups excluding carboxylic acids is 2. The van der Waals surface area contributed by atoms with Crippen molar-refractivity contribution in [1.82, 2.24) is 9.80 Å². The maximum Gasteiger partial charge on any atom is 0.261 e. The van der Waals surface area contributed by atoms with Crippen molar-refractivity contribution in [3.05, 3.63) is 35.4 Å². The lowest BCUT2D eigenvalue weighted by Gasteiger charge is -2.26. The van der Waals surface area contributed by atoms with Gasteiger partial charge in [-0.05, 0) is 38.1 Å². The van der Waals surface area contributed by atoms with E-state index in [4.69, 9.17) is 0 Å². The van der Waals surface area contributed by atoms with Crippen LogP contribution in [0.3, 0.4) is 0 Å². The molecule has 1 atom stereocenters. The van der Waals surface area contributed by atoms with Crippen LogP contribution in [0.15, 0.2) is 24.3 Å². The number of hydrogen-bond donors (Lipinski definition) is 0. The van der Waals surface area contributed by atoms with Crippen LogP contribution in [-0.2, 0) is 0 Å². The van der Waals surface area contributed by atoms with E-state index in [-0.39, 0.29) is 11.8 Å². The smallest absolute Gasteiger partial charge is 0.261 e. The van der Waals surface area contributed by atoms with Crippen molar-refractivity contribution >= 4 is 11.8 Å². The summed E-state index contributed by atoms with van der Waals surface area (Å²) in [6, 6.07) is 7.42. The normalized spacial score (nSPS) is 23.2. The molecular weight excluding hydrogens is 240 g/mol. The molecule has 0 N–H and O–H groups in total. The second-order valence-corrected chi connectivity index (χ2v) is 5.19. The number of fused-ring (bicyclic) bond motifs is 1. The number of amides is 2. The van der Waals surface area contributed by atoms with Gasteiger partial charge in [0.2, 0.25) is 0 Å². The fourth-order valence-electron chi connectivity index (χ4n) is 3.13. The number of likely N-dealkylation sites (tertiary alicyclic amines) is 1. The Morgan fingerprint density at radius 2 is 1.79 bits per heavy atom. The zero-order valence-corrected chi connectivity index (χ0v) is 11.1. The van der Waals surface area contributed by atoms with Crippen molar-refractivity contribution in [3.8, 4) is 0 Å². The van der Waals surface area contributed by atoms with Crippen LogP contribution >= 0.6 is 0 Å². The molecule has 2 heterocycles. The molecule has 4 nitrogen and oxygen atoms in total. The van der Waals surface area contributed by atoms with Gasteiger partial charge in [0, 0.05) is 12.6 Å². The third kappa shape index (κ3) is 1.96. The van der Waals surface area contributed by atoms with Gasteiger partial charge in [-0.2, -0.15) is 0 Å². The van der Waals surface area contributed by atoms with Crippen LogP contribution in [0.25, 0.3) is 0 Å². The molecule has 3 rings (SSSR count). The highest BCUT2D eigenvalue weighted by Crippen LogP contribution is 2.25. The van der Waals surface area contributed by atoms with E-state index >= 15 is 0 Å². The lowest BCUT2D eigenvalue weighted by atomic mass is 10.1. The first-order chi connectivity index (χ1) is 9.22. The van der Waals surface area contributed by atoms with Gasteiger partial charge in [0.15, 0.2) is 0 Å². The lowest BCUT2D eigenvalue weighted by Crippen LogP contribution is -2.42. The van der Waals surface area contributed by atoms with E-state index in [9.17, 15) is 9.59 Å². The number of likely N-dealkylation sites (N-methyl/N-ethyl adjacent to an activating group) is 1. The van der Waals surface area contributed by atoms with Crippen LogP contribution in [0.4, 0.5) is 0 Å². The summed E-state index contributed by atoms with van der Waals surface area (Å²) in [5.74, 6) is -0.271. The summed E-state index contributed by atoms with van der Waals surface area (Å²) in [5.41, 5.74) is 1.10. The Bertz CT molecular complexity index is 492. The van der Waals surface area contributed by atoms with Gasteiger partial charge >= 0.3 is 0 Å². The van der Waals surface area contributed by atoms with Crippen molar-refractivity contribution in [3.63, 3.8) is 0 Å². The molecule has 1 fully saturated rings. The monoisotopic (exact) mass is 258 g/mol. The molecule has 0 aromatic heterocycles. The Kier molecular flexibility index (Phi) is 3.11. The van der Waals surface area contributed by atoms with E-state index in [1.54, 1.807) is 24.3 Å². The average Bonchev–Trinajstić information content (AvgIpc) is 2.98. The largest absolute Gasteiger partial charge is 0.299 e. The van der Waals surface area contributed by atoms with Gasteiger partial charge in [-0.3, -0.25) is 19.4 Å². The standard InChI is InChI=1S/C15H18N2O2/c1-2-16-9-5-6-11(16)10-17-14(18)12-7-3-4-8-13(12)15(17)19/h3-4,7-8,11H,2,5-6,9-10H2,1H3/t11-/m0/s1. The second-order valence-electron chi connectivity index (χ2n) is 5.19. The highest BCUT2D eigenvalue weighted by molar-refractivity contribution is 6.21. The second kappa shape index (κ2) is 4.78. The lowest BCUT2D eigenvalue weighted by molar-refractivity contribution is 0.0611. The number of nitrogens with zero attached hydrogens (tertiary/aromatic N) is 2. The number of hydrogen-bond acceptors (Lipinski definition) is 3. The zero-order valence-electron chi connectivity index (χ0n) is 11.1. The first-order valence-corrected chi connectivity index (χ1v) is 6.91. The van der Waals surface area contributed by atoms with Crippen LogP contribution in [0, 0.1) is 0 Å². The van der Waals surface area contributed by atoms with Gasteiger partial charge in [-0.15, -0.1) is 0 Å². The van der Waals surface area contributed by atoms with E-state index in [1.807, 2.05) is 0 Å². The van der Waals surface area contributed by atoms with Gasteiger partial charge in [-0.25, -0.2) is 0 Å². The number of benzene rings is 1. The van der Waals surface area contributed by atoms with Crippen molar-refractivity contribution in [2.75, 3.05) is 19.6 Å². The summed E-state index contributed by atoms with van der Waals surface area (Å²) in [7, 11) is 0. The molecule has 2 amide bonds. The Morgan fingerprint density at radius 1 is 1.16 bits per heavy atom. The van der Waals surface area contributed by atoms with Crippen molar-refractivity contribution in [2.45, 2.75) is 25.8 Å². The van der Waals surface area contributed by atoms with Crippen molar-refractivity contribution in [2.24, 2.45) is 0 Å². The van der Waals surface area contributed by atoms with Crippen LogP contribution in [0.1, 0.15) is 40.5 Å². The Hall–Kier alpha value is -1.68. The van der Waals surface area contributed by atoms with Gasteiger partial charge in [-0.1, -0.05) is 19.1 Å². The minimum atomic E-state index is -0.136. The molecular formula is C15H18N2O2. The molecule has 100 valence electrons. The predicted molar refractivity (Wildman–Crippen MR) is 72.1 cm³/mol. The summed E-state index contributed by atoms with van der Waals surface area (Å²) in [6.07, 6.45) is 2.23. The summed E-state index contributed by atoms with van der Waals surface area (Å²) in [4.78, 5) is 28.3. The summed E-state index contributed by atoms with van der Waals surface area (Å²) >= 11 is 0. The number of carbonyl (C=O) groups is 2. The quantitative estimate of drug-likeness (QED) is 0.776. The van der Waals surface area contributed by atoms with E-state index in [0.29, 0.717) is 23.7 Å². The fraction of sp³-hybridized carbons (Fsp3) is 0.467. The van der Waals surface area contributed by atoms with Crippen LogP contribution in [-0.4, -0.2) is 47.3 Å². The summed E-state index contributed by atoms with van der Waals surface area (Å²) in [6.45, 7) is 4.71. The molecule has 0 spiro atoms. The van der Waals surface area contributed by atoms with Crippen LogP contribution in [0.2, 0.25) is 0 Å². The van der Waals surface area contributed by atoms with Gasteiger partial charge in [0.25, 0.3) is 11.8 Å². The Morgan fingerprint density at radius 3 is 2.37 bits per heavy atom. The van der Waals surface area contributed by atoms with Gasteiger partial charge < -0.3 is 0 Å². The molecule has 0 unspecified atom stereocenters. The highest BCUT2D eigenvalue weighted by Gasteiger charge is 2.37. The van der Waals surface area contributed by atoms with Crippen molar-refractivity contribution < 1.29 is 9.59 Å². The minimum absolute atomic E-state index is 0.136. The fourth-order valence-corrected chi connectivity index (χ4v) is 3.13. The Balaban J connectivity index is 1.81. The molecule has 19 heavy (non-hydrogen) atoms. The van der Waals surface area contributed by atoms with Gasteiger partial charge in [0.1, 0.15) is 0 Å². The third-order valence-electron chi connectivity index (χ3n) is 4.18. The molecule has 0 aliphatic carbocycles. The minimum Gasteiger partial charge on any atom is -0.299 e. The van der Waals surface area contributed by atoms with E-state index in [1.165, 1.54) is 4.90 Å². The first-order valence-electron chi connectivity index (χ1n) is 6.91. The number of imide groups is 1.